The lowest BCUT2D eigenvalue weighted by Crippen LogP contribution is -2.13. The van der Waals surface area contributed by atoms with E-state index in [1.807, 2.05) is 26.8 Å². The first-order valence-electron chi connectivity index (χ1n) is 10.1. The Morgan fingerprint density at radius 2 is 1.69 bits per heavy atom. The van der Waals surface area contributed by atoms with Gasteiger partial charge in [0.15, 0.2) is 0 Å². The van der Waals surface area contributed by atoms with Crippen LogP contribution in [0.25, 0.3) is 0 Å². The summed E-state index contributed by atoms with van der Waals surface area (Å²) in [7, 11) is 0. The van der Waals surface area contributed by atoms with Crippen LogP contribution in [-0.2, 0) is 14.3 Å². The zero-order valence-corrected chi connectivity index (χ0v) is 17.2. The van der Waals surface area contributed by atoms with Crippen LogP contribution in [0.4, 0.5) is 0 Å². The Kier molecular flexibility index (Phi) is 14.7. The zero-order valence-electron chi connectivity index (χ0n) is 17.2. The fourth-order valence-electron chi connectivity index (χ4n) is 2.81. The quantitative estimate of drug-likeness (QED) is 0.162. The molecule has 1 atom stereocenters. The number of rotatable bonds is 15. The highest BCUT2D eigenvalue weighted by Gasteiger charge is 2.07. The van der Waals surface area contributed by atoms with Crippen LogP contribution in [0.3, 0.4) is 0 Å². The van der Waals surface area contributed by atoms with Gasteiger partial charge in [0, 0.05) is 6.08 Å². The number of carbonyl (C=O) groups excluding carboxylic acids is 1. The van der Waals surface area contributed by atoms with Crippen LogP contribution in [-0.4, -0.2) is 23.1 Å². The molecule has 0 heterocycles. The average Bonchev–Trinajstić information content (AvgIpc) is 2.53. The van der Waals surface area contributed by atoms with Crippen molar-refractivity contribution in [1.82, 2.24) is 0 Å². The van der Waals surface area contributed by atoms with Gasteiger partial charge in [0.05, 0.1) is 12.5 Å². The van der Waals surface area contributed by atoms with E-state index in [-0.39, 0.29) is 18.5 Å². The van der Waals surface area contributed by atoms with Gasteiger partial charge in [-0.15, -0.1) is 0 Å². The van der Waals surface area contributed by atoms with Crippen LogP contribution >= 0.6 is 0 Å². The molecule has 0 amide bonds. The summed E-state index contributed by atoms with van der Waals surface area (Å²) < 4.78 is 5.44. The number of hydrogen-bond acceptors (Lipinski definition) is 3. The van der Waals surface area contributed by atoms with Gasteiger partial charge in [-0.25, -0.2) is 4.79 Å². The van der Waals surface area contributed by atoms with Crippen molar-refractivity contribution in [3.05, 3.63) is 23.3 Å². The summed E-state index contributed by atoms with van der Waals surface area (Å²) in [6.45, 7) is 7.98. The SMILES string of the molecule is CCCCCCC/C(C)=C\C(=O)OC(C)CCCC/C=C(/C)CC(=O)O. The molecule has 0 saturated heterocycles. The number of carbonyl (C=O) groups is 2. The summed E-state index contributed by atoms with van der Waals surface area (Å²) >= 11 is 0. The van der Waals surface area contributed by atoms with Crippen molar-refractivity contribution in [1.29, 1.82) is 0 Å². The molecule has 26 heavy (non-hydrogen) atoms. The molecule has 0 fully saturated rings. The lowest BCUT2D eigenvalue weighted by Gasteiger charge is -2.12. The molecule has 0 saturated carbocycles. The molecule has 0 aromatic heterocycles. The molecule has 0 radical (unpaired) electrons. The van der Waals surface area contributed by atoms with Crippen LogP contribution < -0.4 is 0 Å². The summed E-state index contributed by atoms with van der Waals surface area (Å²) in [6, 6.07) is 0. The van der Waals surface area contributed by atoms with E-state index in [9.17, 15) is 9.59 Å². The van der Waals surface area contributed by atoms with Crippen LogP contribution in [0, 0.1) is 0 Å². The summed E-state index contributed by atoms with van der Waals surface area (Å²) in [6.07, 6.45) is 14.4. The van der Waals surface area contributed by atoms with E-state index in [0.29, 0.717) is 0 Å². The summed E-state index contributed by atoms with van der Waals surface area (Å²) in [5.74, 6) is -1.02. The minimum atomic E-state index is -0.788. The van der Waals surface area contributed by atoms with Crippen LogP contribution in [0.1, 0.15) is 98.3 Å². The molecule has 0 aliphatic rings. The van der Waals surface area contributed by atoms with Crippen molar-refractivity contribution < 1.29 is 19.4 Å². The van der Waals surface area contributed by atoms with E-state index in [4.69, 9.17) is 9.84 Å². The van der Waals surface area contributed by atoms with Crippen molar-refractivity contribution >= 4 is 11.9 Å². The predicted octanol–water partition coefficient (Wildman–Crippen LogP) is 6.21. The van der Waals surface area contributed by atoms with Crippen molar-refractivity contribution in [2.75, 3.05) is 0 Å². The third kappa shape index (κ3) is 15.9. The lowest BCUT2D eigenvalue weighted by molar-refractivity contribution is -0.142. The number of hydrogen-bond donors (Lipinski definition) is 1. The van der Waals surface area contributed by atoms with Gasteiger partial charge in [-0.3, -0.25) is 4.79 Å². The number of carboxylic acids is 1. The van der Waals surface area contributed by atoms with Gasteiger partial charge in [-0.2, -0.15) is 0 Å². The Balaban J connectivity index is 3.87. The van der Waals surface area contributed by atoms with Gasteiger partial charge >= 0.3 is 11.9 Å². The third-order valence-corrected chi connectivity index (χ3v) is 4.34. The molecule has 0 aromatic carbocycles. The maximum Gasteiger partial charge on any atom is 0.330 e. The number of aliphatic carboxylic acids is 1. The molecule has 0 rings (SSSR count). The molecule has 150 valence electrons. The van der Waals surface area contributed by atoms with Gasteiger partial charge in [-0.05, 0) is 59.3 Å². The largest absolute Gasteiger partial charge is 0.481 e. The second kappa shape index (κ2) is 15.7. The molecule has 0 bridgehead atoms. The summed E-state index contributed by atoms with van der Waals surface area (Å²) in [5.41, 5.74) is 1.99. The second-order valence-corrected chi connectivity index (χ2v) is 7.31. The van der Waals surface area contributed by atoms with Crippen molar-refractivity contribution in [3.8, 4) is 0 Å². The highest BCUT2D eigenvalue weighted by molar-refractivity contribution is 5.82. The highest BCUT2D eigenvalue weighted by Crippen LogP contribution is 2.13. The Morgan fingerprint density at radius 3 is 2.35 bits per heavy atom. The van der Waals surface area contributed by atoms with Gasteiger partial charge in [0.2, 0.25) is 0 Å². The maximum atomic E-state index is 11.9. The van der Waals surface area contributed by atoms with E-state index in [1.165, 1.54) is 25.7 Å². The molecular formula is C22H38O4. The Labute approximate surface area is 159 Å². The highest BCUT2D eigenvalue weighted by atomic mass is 16.5. The monoisotopic (exact) mass is 366 g/mol. The zero-order chi connectivity index (χ0) is 19.8. The van der Waals surface area contributed by atoms with E-state index >= 15 is 0 Å². The topological polar surface area (TPSA) is 63.6 Å². The molecule has 0 aromatic rings. The van der Waals surface area contributed by atoms with Crippen molar-refractivity contribution in [3.63, 3.8) is 0 Å². The van der Waals surface area contributed by atoms with Crippen molar-refractivity contribution in [2.24, 2.45) is 0 Å². The normalized spacial score (nSPS) is 13.5. The Bertz CT molecular complexity index is 463. The predicted molar refractivity (Wildman–Crippen MR) is 107 cm³/mol. The van der Waals surface area contributed by atoms with Gasteiger partial charge in [0.1, 0.15) is 0 Å². The van der Waals surface area contributed by atoms with E-state index < -0.39 is 5.97 Å². The Hall–Kier alpha value is -1.58. The van der Waals surface area contributed by atoms with E-state index in [0.717, 1.165) is 49.7 Å². The molecule has 1 N–H and O–H groups in total. The maximum absolute atomic E-state index is 11.9. The number of ether oxygens (including phenoxy) is 1. The van der Waals surface area contributed by atoms with Crippen LogP contribution in [0.5, 0.6) is 0 Å². The summed E-state index contributed by atoms with van der Waals surface area (Å²) in [5, 5.41) is 8.69. The first kappa shape index (κ1) is 24.4. The Morgan fingerprint density at radius 1 is 1.00 bits per heavy atom. The standard InChI is InChI=1S/C22H38O4/c1-5-6-7-8-10-14-19(3)17-22(25)26-20(4)15-12-9-11-13-18(2)16-21(23)24/h13,17,20H,5-12,14-16H2,1-4H3,(H,23,24)/b18-13-,19-17-. The first-order valence-corrected chi connectivity index (χ1v) is 10.1. The number of carboxylic acid groups (broad SMARTS) is 1. The first-order chi connectivity index (χ1) is 12.3. The minimum Gasteiger partial charge on any atom is -0.481 e. The van der Waals surface area contributed by atoms with Gasteiger partial charge < -0.3 is 9.84 Å². The van der Waals surface area contributed by atoms with Crippen LogP contribution in [0.15, 0.2) is 23.3 Å². The number of esters is 1. The van der Waals surface area contributed by atoms with Gasteiger partial charge in [0.25, 0.3) is 0 Å². The second-order valence-electron chi connectivity index (χ2n) is 7.31. The van der Waals surface area contributed by atoms with Gasteiger partial charge in [-0.1, -0.05) is 49.8 Å². The van der Waals surface area contributed by atoms with Crippen LogP contribution in [0.2, 0.25) is 0 Å². The fourth-order valence-corrected chi connectivity index (χ4v) is 2.81. The fraction of sp³-hybridized carbons (Fsp3) is 0.727. The smallest absolute Gasteiger partial charge is 0.330 e. The number of unbranched alkanes of at least 4 members (excludes halogenated alkanes) is 6. The lowest BCUT2D eigenvalue weighted by atomic mass is 10.1. The number of allylic oxidation sites excluding steroid dienone is 2. The molecule has 0 spiro atoms. The summed E-state index contributed by atoms with van der Waals surface area (Å²) in [4.78, 5) is 22.5. The average molecular weight is 367 g/mol. The van der Waals surface area contributed by atoms with Crippen molar-refractivity contribution in [2.45, 2.75) is 104 Å². The minimum absolute atomic E-state index is 0.0831. The third-order valence-electron chi connectivity index (χ3n) is 4.34. The van der Waals surface area contributed by atoms with E-state index in [2.05, 4.69) is 6.92 Å². The molecule has 1 unspecified atom stereocenters. The molecular weight excluding hydrogens is 328 g/mol. The van der Waals surface area contributed by atoms with E-state index in [1.54, 1.807) is 6.08 Å². The molecule has 4 nitrogen and oxygen atoms in total. The molecule has 4 heteroatoms. The molecule has 0 aliphatic heterocycles. The molecule has 0 aliphatic carbocycles.